The second-order valence-corrected chi connectivity index (χ2v) is 2.18. The van der Waals surface area contributed by atoms with Gasteiger partial charge in [0.05, 0.1) is 5.56 Å². The zero-order valence-corrected chi connectivity index (χ0v) is 6.03. The van der Waals surface area contributed by atoms with Crippen LogP contribution in [0.1, 0.15) is 10.4 Å². The quantitative estimate of drug-likeness (QED) is 0.553. The number of rotatable bonds is 1. The maximum Gasteiger partial charge on any atom is 0.337 e. The Hall–Kier alpha value is -1.16. The number of hydrogen-bond acceptors (Lipinski definition) is 2. The highest BCUT2D eigenvalue weighted by molar-refractivity contribution is 6.34. The highest BCUT2D eigenvalue weighted by Crippen LogP contribution is 1.89. The van der Waals surface area contributed by atoms with Gasteiger partial charge in [-0.3, -0.25) is 4.98 Å². The van der Waals surface area contributed by atoms with Crippen LogP contribution in [-0.2, 0) is 0 Å². The van der Waals surface area contributed by atoms with E-state index in [2.05, 4.69) is 15.2 Å². The van der Waals surface area contributed by atoms with Crippen molar-refractivity contribution in [3.05, 3.63) is 23.9 Å². The fraction of sp³-hybridized carbons (Fsp3) is 0. The van der Waals surface area contributed by atoms with Crippen molar-refractivity contribution in [2.45, 2.75) is 0 Å². The van der Waals surface area contributed by atoms with Crippen molar-refractivity contribution in [3.8, 4) is 0 Å². The van der Waals surface area contributed by atoms with Crippen molar-refractivity contribution < 1.29 is 9.90 Å². The molecule has 1 N–H and O–H groups in total. The van der Waals surface area contributed by atoms with Gasteiger partial charge >= 0.3 is 5.97 Å². The first-order valence-corrected chi connectivity index (χ1v) is 3.11. The Bertz CT molecular complexity index is 262. The Morgan fingerprint density at radius 3 is 2.80 bits per heavy atom. The van der Waals surface area contributed by atoms with Crippen molar-refractivity contribution in [2.24, 2.45) is 0 Å². The third-order valence-electron chi connectivity index (χ3n) is 1.04. The molecule has 1 heterocycles. The molecule has 1 rings (SSSR count). The number of carboxylic acid groups (broad SMARTS) is 1. The van der Waals surface area contributed by atoms with E-state index >= 15 is 0 Å². The monoisotopic (exact) mass is 150 g/mol. The van der Waals surface area contributed by atoms with Gasteiger partial charge < -0.3 is 5.11 Å². The van der Waals surface area contributed by atoms with Gasteiger partial charge in [0.1, 0.15) is 10.2 Å². The second kappa shape index (κ2) is 2.61. The zero-order valence-electron chi connectivity index (χ0n) is 5.03. The minimum atomic E-state index is -0.974. The first kappa shape index (κ1) is 6.95. The number of hydrogen-bond donors (Lipinski definition) is 1. The summed E-state index contributed by atoms with van der Waals surface area (Å²) in [6, 6.07) is 3.06. The molecule has 0 aliphatic heterocycles. The van der Waals surface area contributed by atoms with Crippen LogP contribution in [-0.4, -0.2) is 26.3 Å². The number of nitrogens with zero attached hydrogens (tertiary/aromatic N) is 1. The maximum absolute atomic E-state index is 10.4. The summed E-state index contributed by atoms with van der Waals surface area (Å²) in [5.41, 5.74) is 0.180. The number of carboxylic acids is 1. The van der Waals surface area contributed by atoms with E-state index in [0.717, 1.165) is 0 Å². The van der Waals surface area contributed by atoms with Gasteiger partial charge in [0.15, 0.2) is 0 Å². The number of aromatic carboxylic acids is 1. The van der Waals surface area contributed by atoms with Gasteiger partial charge in [0.25, 0.3) is 0 Å². The van der Waals surface area contributed by atoms with Crippen molar-refractivity contribution in [3.63, 3.8) is 0 Å². The smallest absolute Gasteiger partial charge is 0.337 e. The van der Waals surface area contributed by atoms with Gasteiger partial charge in [-0.25, -0.2) is 4.79 Å². The fourth-order valence-electron chi connectivity index (χ4n) is 0.578. The van der Waals surface area contributed by atoms with Gasteiger partial charge in [-0.1, -0.05) is 0 Å². The van der Waals surface area contributed by atoms with Crippen molar-refractivity contribution >= 4 is 21.5 Å². The minimum Gasteiger partial charge on any atom is -0.478 e. The third-order valence-corrected chi connectivity index (χ3v) is 1.44. The van der Waals surface area contributed by atoms with E-state index in [1.165, 1.54) is 12.3 Å². The molecular formula is C6H4NO2Si. The van der Waals surface area contributed by atoms with Crippen LogP contribution in [0.5, 0.6) is 0 Å². The van der Waals surface area contributed by atoms with Crippen LogP contribution >= 0.6 is 0 Å². The highest BCUT2D eigenvalue weighted by atomic mass is 28.1. The fourth-order valence-corrected chi connectivity index (χ4v) is 0.843. The lowest BCUT2D eigenvalue weighted by Gasteiger charge is -1.95. The lowest BCUT2D eigenvalue weighted by molar-refractivity contribution is 0.0698. The summed E-state index contributed by atoms with van der Waals surface area (Å²) in [4.78, 5) is 14.1. The summed E-state index contributed by atoms with van der Waals surface area (Å²) >= 11 is 0. The molecule has 49 valence electrons. The average molecular weight is 150 g/mol. The Morgan fingerprint density at radius 2 is 2.40 bits per heavy atom. The molecular weight excluding hydrogens is 146 g/mol. The highest BCUT2D eigenvalue weighted by Gasteiger charge is 2.04. The molecule has 10 heavy (non-hydrogen) atoms. The van der Waals surface area contributed by atoms with Gasteiger partial charge in [-0.05, 0) is 12.1 Å². The molecule has 0 saturated heterocycles. The van der Waals surface area contributed by atoms with Crippen LogP contribution in [0.2, 0.25) is 0 Å². The molecule has 0 aliphatic rings. The maximum atomic E-state index is 10.4. The summed E-state index contributed by atoms with van der Waals surface area (Å²) in [7, 11) is 3.05. The minimum absolute atomic E-state index is 0.180. The number of aromatic nitrogens is 1. The molecule has 3 radical (unpaired) electrons. The van der Waals surface area contributed by atoms with E-state index in [4.69, 9.17) is 5.11 Å². The summed E-state index contributed by atoms with van der Waals surface area (Å²) in [5, 5.41) is 8.85. The summed E-state index contributed by atoms with van der Waals surface area (Å²) in [6.07, 6.45) is 1.52. The largest absolute Gasteiger partial charge is 0.478 e. The second-order valence-electron chi connectivity index (χ2n) is 1.70. The number of carbonyl (C=O) groups is 1. The Balaban J connectivity index is 3.15. The zero-order chi connectivity index (χ0) is 7.56. The van der Waals surface area contributed by atoms with Gasteiger partial charge in [-0.2, -0.15) is 0 Å². The van der Waals surface area contributed by atoms with Gasteiger partial charge in [-0.15, -0.1) is 0 Å². The Labute approximate surface area is 61.1 Å². The van der Waals surface area contributed by atoms with E-state index in [-0.39, 0.29) is 5.56 Å². The first-order chi connectivity index (χ1) is 4.72. The Kier molecular flexibility index (Phi) is 1.82. The van der Waals surface area contributed by atoms with Crippen LogP contribution in [0.25, 0.3) is 0 Å². The average Bonchev–Trinajstić information content (AvgIpc) is 1.88. The van der Waals surface area contributed by atoms with Crippen LogP contribution < -0.4 is 5.32 Å². The third kappa shape index (κ3) is 1.22. The van der Waals surface area contributed by atoms with Crippen molar-refractivity contribution in [1.29, 1.82) is 0 Å². The molecule has 0 unspecified atom stereocenters. The van der Waals surface area contributed by atoms with Crippen LogP contribution in [0.3, 0.4) is 0 Å². The first-order valence-electron chi connectivity index (χ1n) is 2.61. The summed E-state index contributed by atoms with van der Waals surface area (Å²) < 4.78 is 0. The molecule has 0 bridgehead atoms. The molecule has 0 fully saturated rings. The predicted molar refractivity (Wildman–Crippen MR) is 36.6 cm³/mol. The molecule has 1 aromatic heterocycles. The van der Waals surface area contributed by atoms with Crippen molar-refractivity contribution in [1.82, 2.24) is 4.98 Å². The normalized spacial score (nSPS) is 9.30. The van der Waals surface area contributed by atoms with E-state index in [1.807, 2.05) is 0 Å². The van der Waals surface area contributed by atoms with E-state index < -0.39 is 5.97 Å². The lowest BCUT2D eigenvalue weighted by Crippen LogP contribution is -2.18. The van der Waals surface area contributed by atoms with Gasteiger partial charge in [0, 0.05) is 11.5 Å². The summed E-state index contributed by atoms with van der Waals surface area (Å²) in [6.45, 7) is 0. The molecule has 4 heteroatoms. The summed E-state index contributed by atoms with van der Waals surface area (Å²) in [5.74, 6) is -0.974. The lowest BCUT2D eigenvalue weighted by atomic mass is 10.3. The molecule has 0 saturated carbocycles. The molecule has 0 aliphatic carbocycles. The molecule has 3 nitrogen and oxygen atoms in total. The van der Waals surface area contributed by atoms with Crippen LogP contribution in [0.4, 0.5) is 0 Å². The predicted octanol–water partition coefficient (Wildman–Crippen LogP) is -0.426. The topological polar surface area (TPSA) is 50.2 Å². The number of pyridine rings is 1. The van der Waals surface area contributed by atoms with E-state index in [1.54, 1.807) is 6.07 Å². The molecule has 0 atom stereocenters. The Morgan fingerprint density at radius 1 is 1.70 bits per heavy atom. The van der Waals surface area contributed by atoms with E-state index in [9.17, 15) is 4.79 Å². The van der Waals surface area contributed by atoms with Crippen molar-refractivity contribution in [2.75, 3.05) is 0 Å². The standard InChI is InChI=1S/C6H4NO2Si/c8-6(9)4-2-1-3-7-5(4)10/h1-3H,(H,8,9). The molecule has 0 amide bonds. The van der Waals surface area contributed by atoms with Gasteiger partial charge in [0.2, 0.25) is 0 Å². The molecule has 0 spiro atoms. The SMILES string of the molecule is O=C(O)c1cccnc1[Si]. The molecule has 0 aromatic carbocycles. The van der Waals surface area contributed by atoms with Crippen LogP contribution in [0, 0.1) is 0 Å². The van der Waals surface area contributed by atoms with Crippen LogP contribution in [0.15, 0.2) is 18.3 Å². The molecule has 1 aromatic rings. The van der Waals surface area contributed by atoms with E-state index in [0.29, 0.717) is 5.32 Å².